The van der Waals surface area contributed by atoms with Crippen molar-refractivity contribution >= 4 is 28.8 Å². The smallest absolute Gasteiger partial charge is 0.155 e. The fourth-order valence-corrected chi connectivity index (χ4v) is 3.47. The number of methoxy groups -OCH3 is 1. The van der Waals surface area contributed by atoms with Crippen LogP contribution in [0.5, 0.6) is 0 Å². The van der Waals surface area contributed by atoms with Crippen LogP contribution < -0.4 is 0 Å². The Bertz CT molecular complexity index is 933. The molecule has 0 saturated heterocycles. The topological polar surface area (TPSA) is 70.3 Å². The molecule has 2 aromatic rings. The standard InChI is InChI=1S/C21H24ClFN4O2/c1-27(9-10-29-2)8-6-15-13-17-16(5-7-24-21(17)25-15)20(26-28)12-14-3-4-19(23)18(22)11-14/h3-5,7,11,28H,6,8-10,12-13H2,1-2H3/b26-20+. The van der Waals surface area contributed by atoms with Gasteiger partial charge in [-0.05, 0) is 37.2 Å². The van der Waals surface area contributed by atoms with E-state index in [-0.39, 0.29) is 5.02 Å². The Balaban J connectivity index is 1.71. The van der Waals surface area contributed by atoms with Crippen LogP contribution in [0.4, 0.5) is 10.2 Å². The van der Waals surface area contributed by atoms with E-state index < -0.39 is 5.82 Å². The molecular weight excluding hydrogens is 395 g/mol. The van der Waals surface area contributed by atoms with Gasteiger partial charge in [0, 0.05) is 56.1 Å². The molecule has 2 heterocycles. The van der Waals surface area contributed by atoms with E-state index >= 15 is 0 Å². The summed E-state index contributed by atoms with van der Waals surface area (Å²) in [6.45, 7) is 2.43. The molecule has 1 N–H and O–H groups in total. The maximum atomic E-state index is 13.4. The van der Waals surface area contributed by atoms with Gasteiger partial charge in [0.1, 0.15) is 5.82 Å². The molecule has 8 heteroatoms. The Hall–Kier alpha value is -2.35. The monoisotopic (exact) mass is 418 g/mol. The lowest BCUT2D eigenvalue weighted by molar-refractivity contribution is 0.162. The average molecular weight is 419 g/mol. The molecule has 6 nitrogen and oxygen atoms in total. The van der Waals surface area contributed by atoms with Gasteiger partial charge in [-0.25, -0.2) is 14.4 Å². The Morgan fingerprint density at radius 3 is 2.90 bits per heavy atom. The van der Waals surface area contributed by atoms with Crippen LogP contribution in [0.25, 0.3) is 0 Å². The Morgan fingerprint density at radius 1 is 1.34 bits per heavy atom. The highest BCUT2D eigenvalue weighted by Gasteiger charge is 2.22. The number of aromatic nitrogens is 1. The van der Waals surface area contributed by atoms with Crippen LogP contribution in [0.1, 0.15) is 23.1 Å². The van der Waals surface area contributed by atoms with Crippen LogP contribution in [0.3, 0.4) is 0 Å². The summed E-state index contributed by atoms with van der Waals surface area (Å²) in [4.78, 5) is 11.2. The normalized spacial score (nSPS) is 13.7. The van der Waals surface area contributed by atoms with E-state index in [4.69, 9.17) is 16.3 Å². The summed E-state index contributed by atoms with van der Waals surface area (Å²) >= 11 is 5.87. The number of aliphatic imine (C=N–C) groups is 1. The average Bonchev–Trinajstić information content (AvgIpc) is 3.14. The van der Waals surface area contributed by atoms with E-state index in [1.807, 2.05) is 6.07 Å². The first kappa shape index (κ1) is 21.4. The van der Waals surface area contributed by atoms with Gasteiger partial charge in [-0.2, -0.15) is 0 Å². The van der Waals surface area contributed by atoms with Gasteiger partial charge in [0.2, 0.25) is 0 Å². The van der Waals surface area contributed by atoms with Crippen molar-refractivity contribution in [3.05, 3.63) is 58.0 Å². The number of halogens is 2. The molecule has 3 rings (SSSR count). The first-order chi connectivity index (χ1) is 14.0. The molecule has 1 aromatic carbocycles. The molecule has 0 atom stereocenters. The molecule has 1 aliphatic rings. The SMILES string of the molecule is COCCN(C)CCC1=Nc2nccc(/C(Cc3ccc(F)c(Cl)c3)=N/O)c2C1. The Kier molecular flexibility index (Phi) is 7.30. The fraction of sp³-hybridized carbons (Fsp3) is 0.381. The predicted molar refractivity (Wildman–Crippen MR) is 112 cm³/mol. The molecule has 29 heavy (non-hydrogen) atoms. The van der Waals surface area contributed by atoms with Crippen LogP contribution >= 0.6 is 11.6 Å². The lowest BCUT2D eigenvalue weighted by Gasteiger charge is -2.15. The number of hydrogen-bond acceptors (Lipinski definition) is 6. The summed E-state index contributed by atoms with van der Waals surface area (Å²) in [6.07, 6.45) is 3.48. The van der Waals surface area contributed by atoms with Crippen molar-refractivity contribution in [1.29, 1.82) is 0 Å². The first-order valence-corrected chi connectivity index (χ1v) is 9.76. The molecule has 0 saturated carbocycles. The van der Waals surface area contributed by atoms with E-state index in [0.717, 1.165) is 41.9 Å². The van der Waals surface area contributed by atoms with Gasteiger partial charge in [-0.1, -0.05) is 22.8 Å². The van der Waals surface area contributed by atoms with E-state index in [9.17, 15) is 9.60 Å². The third kappa shape index (κ3) is 5.38. The minimum absolute atomic E-state index is 0.0444. The van der Waals surface area contributed by atoms with Crippen molar-refractivity contribution < 1.29 is 14.3 Å². The number of benzene rings is 1. The summed E-state index contributed by atoms with van der Waals surface area (Å²) < 4.78 is 18.5. The molecular formula is C21H24ClFN4O2. The largest absolute Gasteiger partial charge is 0.411 e. The molecule has 154 valence electrons. The summed E-state index contributed by atoms with van der Waals surface area (Å²) in [5.41, 5.74) is 4.02. The second-order valence-corrected chi connectivity index (χ2v) is 7.44. The summed E-state index contributed by atoms with van der Waals surface area (Å²) in [7, 11) is 3.74. The minimum Gasteiger partial charge on any atom is -0.411 e. The fourth-order valence-electron chi connectivity index (χ4n) is 3.27. The van der Waals surface area contributed by atoms with Gasteiger partial charge < -0.3 is 14.8 Å². The molecule has 0 amide bonds. The number of ether oxygens (including phenoxy) is 1. The molecule has 0 spiro atoms. The quantitative estimate of drug-likeness (QED) is 0.381. The summed E-state index contributed by atoms with van der Waals surface area (Å²) in [6, 6.07) is 6.31. The van der Waals surface area contributed by atoms with Gasteiger partial charge in [-0.15, -0.1) is 0 Å². The van der Waals surface area contributed by atoms with E-state index in [2.05, 4.69) is 27.1 Å². The predicted octanol–water partition coefficient (Wildman–Crippen LogP) is 3.89. The maximum absolute atomic E-state index is 13.4. The van der Waals surface area contributed by atoms with E-state index in [0.29, 0.717) is 31.0 Å². The highest BCUT2D eigenvalue weighted by Crippen LogP contribution is 2.29. The van der Waals surface area contributed by atoms with Crippen molar-refractivity contribution in [2.45, 2.75) is 19.3 Å². The Labute approximate surface area is 174 Å². The second-order valence-electron chi connectivity index (χ2n) is 7.03. The number of pyridine rings is 1. The lowest BCUT2D eigenvalue weighted by atomic mass is 9.96. The first-order valence-electron chi connectivity index (χ1n) is 9.38. The third-order valence-corrected chi connectivity index (χ3v) is 5.21. The van der Waals surface area contributed by atoms with Crippen LogP contribution in [0, 0.1) is 5.82 Å². The zero-order valence-electron chi connectivity index (χ0n) is 16.5. The van der Waals surface area contributed by atoms with Crippen LogP contribution in [-0.2, 0) is 17.6 Å². The number of nitrogens with zero attached hydrogens (tertiary/aromatic N) is 4. The van der Waals surface area contributed by atoms with Crippen molar-refractivity contribution in [2.75, 3.05) is 33.9 Å². The molecule has 0 aliphatic carbocycles. The Morgan fingerprint density at radius 2 is 2.17 bits per heavy atom. The van der Waals surface area contributed by atoms with Crippen LogP contribution in [-0.4, -0.2) is 60.4 Å². The van der Waals surface area contributed by atoms with Gasteiger partial charge in [-0.3, -0.25) is 0 Å². The van der Waals surface area contributed by atoms with Gasteiger partial charge in [0.15, 0.2) is 5.82 Å². The minimum atomic E-state index is -0.476. The second kappa shape index (κ2) is 9.91. The highest BCUT2D eigenvalue weighted by atomic mass is 35.5. The molecule has 0 fully saturated rings. The molecule has 0 bridgehead atoms. The zero-order valence-corrected chi connectivity index (χ0v) is 17.3. The zero-order chi connectivity index (χ0) is 20.8. The van der Waals surface area contributed by atoms with Gasteiger partial charge >= 0.3 is 0 Å². The summed E-state index contributed by atoms with van der Waals surface area (Å²) in [5, 5.41) is 13.2. The maximum Gasteiger partial charge on any atom is 0.155 e. The molecule has 0 unspecified atom stereocenters. The molecule has 0 radical (unpaired) electrons. The lowest BCUT2D eigenvalue weighted by Crippen LogP contribution is -2.25. The summed E-state index contributed by atoms with van der Waals surface area (Å²) in [5.74, 6) is 0.187. The highest BCUT2D eigenvalue weighted by molar-refractivity contribution is 6.30. The van der Waals surface area contributed by atoms with Crippen molar-refractivity contribution in [2.24, 2.45) is 10.1 Å². The number of hydrogen-bond donors (Lipinski definition) is 1. The van der Waals surface area contributed by atoms with Crippen LogP contribution in [0.2, 0.25) is 5.02 Å². The number of oxime groups is 1. The van der Waals surface area contributed by atoms with Crippen LogP contribution in [0.15, 0.2) is 40.6 Å². The van der Waals surface area contributed by atoms with Crippen molar-refractivity contribution in [3.8, 4) is 0 Å². The number of rotatable bonds is 9. The third-order valence-electron chi connectivity index (χ3n) is 4.92. The molecule has 1 aliphatic heterocycles. The number of fused-ring (bicyclic) bond motifs is 1. The van der Waals surface area contributed by atoms with E-state index in [1.165, 1.54) is 6.07 Å². The van der Waals surface area contributed by atoms with Crippen molar-refractivity contribution in [1.82, 2.24) is 9.88 Å². The number of likely N-dealkylation sites (N-methyl/N-ethyl adjacent to an activating group) is 1. The molecule has 1 aromatic heterocycles. The van der Waals surface area contributed by atoms with Gasteiger partial charge in [0.25, 0.3) is 0 Å². The van der Waals surface area contributed by atoms with E-state index in [1.54, 1.807) is 25.4 Å². The van der Waals surface area contributed by atoms with Crippen molar-refractivity contribution in [3.63, 3.8) is 0 Å². The van der Waals surface area contributed by atoms with Gasteiger partial charge in [0.05, 0.1) is 17.3 Å².